The summed E-state index contributed by atoms with van der Waals surface area (Å²) in [6, 6.07) is 8.34. The second kappa shape index (κ2) is 6.51. The van der Waals surface area contributed by atoms with Gasteiger partial charge >= 0.3 is 6.03 Å². The van der Waals surface area contributed by atoms with Crippen LogP contribution in [0.25, 0.3) is 0 Å². The fraction of sp³-hybridized carbons (Fsp3) is 0.471. The molecule has 1 aromatic heterocycles. The number of hydrogen-bond acceptors (Lipinski definition) is 4. The first kappa shape index (κ1) is 16.3. The number of urea groups is 1. The number of benzene rings is 1. The van der Waals surface area contributed by atoms with Crippen LogP contribution in [0.5, 0.6) is 0 Å². The van der Waals surface area contributed by atoms with Crippen molar-refractivity contribution < 1.29 is 4.79 Å². The Hall–Kier alpha value is -2.57. The number of amides is 2. The van der Waals surface area contributed by atoms with E-state index in [4.69, 9.17) is 0 Å². The first-order chi connectivity index (χ1) is 11.5. The van der Waals surface area contributed by atoms with Gasteiger partial charge in [-0.05, 0) is 32.4 Å². The first-order valence-corrected chi connectivity index (χ1v) is 8.21. The zero-order valence-electron chi connectivity index (χ0n) is 14.7. The van der Waals surface area contributed by atoms with E-state index >= 15 is 0 Å². The number of carbonyl (C=O) groups excluding carboxylic acids is 1. The van der Waals surface area contributed by atoms with E-state index in [0.717, 1.165) is 18.9 Å². The van der Waals surface area contributed by atoms with E-state index in [-0.39, 0.29) is 12.1 Å². The molecule has 0 saturated carbocycles. The van der Waals surface area contributed by atoms with Crippen molar-refractivity contribution in [3.8, 4) is 0 Å². The third kappa shape index (κ3) is 3.20. The van der Waals surface area contributed by atoms with E-state index in [1.54, 1.807) is 4.68 Å². The van der Waals surface area contributed by atoms with Crippen molar-refractivity contribution in [3.05, 3.63) is 35.7 Å². The number of para-hydroxylation sites is 1. The molecule has 3 rings (SSSR count). The summed E-state index contributed by atoms with van der Waals surface area (Å²) in [5.41, 5.74) is 2.50. The molecule has 0 aliphatic carbocycles. The van der Waals surface area contributed by atoms with Gasteiger partial charge in [0.1, 0.15) is 5.82 Å². The molecule has 1 aliphatic rings. The lowest BCUT2D eigenvalue weighted by Gasteiger charge is -2.41. The van der Waals surface area contributed by atoms with Crippen LogP contribution >= 0.6 is 0 Å². The molecule has 1 aliphatic heterocycles. The molecule has 1 fully saturated rings. The number of rotatable bonds is 2. The summed E-state index contributed by atoms with van der Waals surface area (Å²) >= 11 is 0. The Kier molecular flexibility index (Phi) is 4.42. The van der Waals surface area contributed by atoms with E-state index in [2.05, 4.69) is 52.3 Å². The Labute approximate surface area is 142 Å². The minimum atomic E-state index is -0.141. The molecule has 2 heterocycles. The molecule has 1 N–H and O–H groups in total. The van der Waals surface area contributed by atoms with Gasteiger partial charge in [0.15, 0.2) is 0 Å². The Bertz CT molecular complexity index is 721. The standard InChI is InChI=1S/C17H24N6O/c1-12-7-5-6-8-15(12)22-9-10-23(13(2)11-22)17(24)19-16-18-14(3)21(4)20-16/h5-8,13H,9-11H2,1-4H3,(H,19,20,24). The average Bonchev–Trinajstić information content (AvgIpc) is 2.85. The molecule has 1 atom stereocenters. The van der Waals surface area contributed by atoms with Gasteiger partial charge in [-0.25, -0.2) is 4.79 Å². The normalized spacial score (nSPS) is 17.9. The number of nitrogens with one attached hydrogen (secondary N) is 1. The molecular formula is C17H24N6O. The highest BCUT2D eigenvalue weighted by molar-refractivity contribution is 5.87. The van der Waals surface area contributed by atoms with Crippen molar-refractivity contribution in [1.29, 1.82) is 0 Å². The van der Waals surface area contributed by atoms with Crippen LogP contribution in [0.4, 0.5) is 16.4 Å². The van der Waals surface area contributed by atoms with Gasteiger partial charge in [0.2, 0.25) is 5.95 Å². The zero-order chi connectivity index (χ0) is 17.3. The second-order valence-corrected chi connectivity index (χ2v) is 6.31. The maximum atomic E-state index is 12.5. The minimum Gasteiger partial charge on any atom is -0.367 e. The van der Waals surface area contributed by atoms with Crippen LogP contribution < -0.4 is 10.2 Å². The maximum absolute atomic E-state index is 12.5. The van der Waals surface area contributed by atoms with Crippen molar-refractivity contribution in [1.82, 2.24) is 19.7 Å². The molecule has 2 amide bonds. The number of piperazine rings is 1. The van der Waals surface area contributed by atoms with Gasteiger partial charge < -0.3 is 9.80 Å². The van der Waals surface area contributed by atoms with Gasteiger partial charge in [-0.15, -0.1) is 5.10 Å². The van der Waals surface area contributed by atoms with Gasteiger partial charge in [0.25, 0.3) is 0 Å². The van der Waals surface area contributed by atoms with E-state index in [0.29, 0.717) is 12.5 Å². The van der Waals surface area contributed by atoms with Crippen molar-refractivity contribution in [2.75, 3.05) is 29.9 Å². The summed E-state index contributed by atoms with van der Waals surface area (Å²) in [4.78, 5) is 20.9. The van der Waals surface area contributed by atoms with E-state index in [1.165, 1.54) is 11.3 Å². The highest BCUT2D eigenvalue weighted by atomic mass is 16.2. The summed E-state index contributed by atoms with van der Waals surface area (Å²) in [6.45, 7) is 8.35. The number of aromatic nitrogens is 3. The van der Waals surface area contributed by atoms with Crippen LogP contribution in [0, 0.1) is 13.8 Å². The van der Waals surface area contributed by atoms with Crippen LogP contribution in [0.3, 0.4) is 0 Å². The predicted molar refractivity (Wildman–Crippen MR) is 94.3 cm³/mol. The van der Waals surface area contributed by atoms with E-state index in [9.17, 15) is 4.79 Å². The van der Waals surface area contributed by atoms with E-state index < -0.39 is 0 Å². The number of aryl methyl sites for hydroxylation is 3. The molecule has 0 bridgehead atoms. The molecule has 1 aromatic carbocycles. The molecule has 0 spiro atoms. The lowest BCUT2D eigenvalue weighted by atomic mass is 10.1. The minimum absolute atomic E-state index is 0.114. The van der Waals surface area contributed by atoms with Crippen molar-refractivity contribution in [2.45, 2.75) is 26.8 Å². The SMILES string of the molecule is Cc1ccccc1N1CCN(C(=O)Nc2nc(C)n(C)n2)C(C)C1. The van der Waals surface area contributed by atoms with E-state index in [1.807, 2.05) is 24.9 Å². The Balaban J connectivity index is 1.65. The van der Waals surface area contributed by atoms with Gasteiger partial charge in [-0.1, -0.05) is 18.2 Å². The fourth-order valence-corrected chi connectivity index (χ4v) is 3.08. The summed E-state index contributed by atoms with van der Waals surface area (Å²) in [5, 5.41) is 6.98. The maximum Gasteiger partial charge on any atom is 0.324 e. The van der Waals surface area contributed by atoms with Gasteiger partial charge in [-0.2, -0.15) is 4.98 Å². The fourth-order valence-electron chi connectivity index (χ4n) is 3.08. The molecule has 0 radical (unpaired) electrons. The van der Waals surface area contributed by atoms with Crippen LogP contribution in [0.1, 0.15) is 18.3 Å². The largest absolute Gasteiger partial charge is 0.367 e. The smallest absolute Gasteiger partial charge is 0.324 e. The molecule has 7 nitrogen and oxygen atoms in total. The lowest BCUT2D eigenvalue weighted by Crippen LogP contribution is -2.55. The molecule has 7 heteroatoms. The predicted octanol–water partition coefficient (Wildman–Crippen LogP) is 2.17. The second-order valence-electron chi connectivity index (χ2n) is 6.31. The molecule has 1 saturated heterocycles. The molecule has 2 aromatic rings. The summed E-state index contributed by atoms with van der Waals surface area (Å²) in [5.74, 6) is 1.12. The number of hydrogen-bond donors (Lipinski definition) is 1. The van der Waals surface area contributed by atoms with Crippen molar-refractivity contribution in [2.24, 2.45) is 7.05 Å². The highest BCUT2D eigenvalue weighted by Gasteiger charge is 2.28. The van der Waals surface area contributed by atoms with Crippen molar-refractivity contribution in [3.63, 3.8) is 0 Å². The third-order valence-electron chi connectivity index (χ3n) is 4.54. The van der Waals surface area contributed by atoms with Crippen LogP contribution in [-0.2, 0) is 7.05 Å². The molecule has 24 heavy (non-hydrogen) atoms. The Morgan fingerprint density at radius 2 is 2.00 bits per heavy atom. The molecular weight excluding hydrogens is 304 g/mol. The van der Waals surface area contributed by atoms with Crippen LogP contribution in [-0.4, -0.2) is 51.4 Å². The van der Waals surface area contributed by atoms with Gasteiger partial charge in [0, 0.05) is 38.4 Å². The monoisotopic (exact) mass is 328 g/mol. The summed E-state index contributed by atoms with van der Waals surface area (Å²) in [6.07, 6.45) is 0. The molecule has 1 unspecified atom stereocenters. The average molecular weight is 328 g/mol. The number of carbonyl (C=O) groups is 1. The zero-order valence-corrected chi connectivity index (χ0v) is 14.7. The third-order valence-corrected chi connectivity index (χ3v) is 4.54. The van der Waals surface area contributed by atoms with Gasteiger partial charge in [0.05, 0.1) is 0 Å². The number of anilines is 2. The Morgan fingerprint density at radius 3 is 2.62 bits per heavy atom. The van der Waals surface area contributed by atoms with Crippen LogP contribution in [0.15, 0.2) is 24.3 Å². The highest BCUT2D eigenvalue weighted by Crippen LogP contribution is 2.23. The van der Waals surface area contributed by atoms with Gasteiger partial charge in [-0.3, -0.25) is 10.00 Å². The first-order valence-electron chi connectivity index (χ1n) is 8.21. The number of nitrogens with zero attached hydrogens (tertiary/aromatic N) is 5. The molecule has 128 valence electrons. The topological polar surface area (TPSA) is 66.3 Å². The Morgan fingerprint density at radius 1 is 1.25 bits per heavy atom. The van der Waals surface area contributed by atoms with Crippen LogP contribution in [0.2, 0.25) is 0 Å². The summed E-state index contributed by atoms with van der Waals surface area (Å²) < 4.78 is 1.65. The van der Waals surface area contributed by atoms with Crippen molar-refractivity contribution >= 4 is 17.7 Å². The lowest BCUT2D eigenvalue weighted by molar-refractivity contribution is 0.184. The quantitative estimate of drug-likeness (QED) is 0.917. The summed E-state index contributed by atoms with van der Waals surface area (Å²) in [7, 11) is 1.81.